The summed E-state index contributed by atoms with van der Waals surface area (Å²) in [5.74, 6) is 1.23. The van der Waals surface area contributed by atoms with E-state index < -0.39 is 0 Å². The van der Waals surface area contributed by atoms with Gasteiger partial charge in [0.15, 0.2) is 0 Å². The van der Waals surface area contributed by atoms with Crippen LogP contribution in [0.2, 0.25) is 0 Å². The van der Waals surface area contributed by atoms with Crippen LogP contribution < -0.4 is 10.6 Å². The Morgan fingerprint density at radius 1 is 1.05 bits per heavy atom. The fourth-order valence-electron chi connectivity index (χ4n) is 2.30. The first kappa shape index (κ1) is 12.4. The summed E-state index contributed by atoms with van der Waals surface area (Å²) >= 11 is 3.49. The molecule has 0 amide bonds. The van der Waals surface area contributed by atoms with E-state index in [9.17, 15) is 0 Å². The lowest BCUT2D eigenvalue weighted by Crippen LogP contribution is -2.21. The summed E-state index contributed by atoms with van der Waals surface area (Å²) in [4.78, 5) is 11.2. The van der Waals surface area contributed by atoms with Crippen molar-refractivity contribution in [2.75, 3.05) is 23.7 Å². The van der Waals surface area contributed by atoms with E-state index in [0.29, 0.717) is 5.82 Å². The van der Waals surface area contributed by atoms with Crippen molar-refractivity contribution in [2.24, 2.45) is 0 Å². The number of hydrogen-bond acceptors (Lipinski definition) is 4. The van der Waals surface area contributed by atoms with Gasteiger partial charge in [0.05, 0.1) is 10.2 Å². The Morgan fingerprint density at radius 2 is 1.74 bits per heavy atom. The molecule has 0 aliphatic carbocycles. The van der Waals surface area contributed by atoms with E-state index in [2.05, 4.69) is 30.8 Å². The molecule has 1 saturated heterocycles. The first-order valence-corrected chi connectivity index (χ1v) is 7.18. The van der Waals surface area contributed by atoms with Gasteiger partial charge in [0.1, 0.15) is 5.82 Å². The van der Waals surface area contributed by atoms with Crippen molar-refractivity contribution >= 4 is 27.7 Å². The number of rotatable bonds is 2. The average molecular weight is 319 g/mol. The van der Waals surface area contributed by atoms with Crippen LogP contribution in [0.1, 0.15) is 12.8 Å². The van der Waals surface area contributed by atoms with Crippen molar-refractivity contribution in [3.05, 3.63) is 34.8 Å². The van der Waals surface area contributed by atoms with Gasteiger partial charge in [-0.3, -0.25) is 0 Å². The Morgan fingerprint density at radius 3 is 2.42 bits per heavy atom. The summed E-state index contributed by atoms with van der Waals surface area (Å²) in [6.07, 6.45) is 2.39. The molecule has 1 aliphatic rings. The van der Waals surface area contributed by atoms with Crippen molar-refractivity contribution in [1.29, 1.82) is 0 Å². The van der Waals surface area contributed by atoms with E-state index in [1.807, 2.05) is 30.3 Å². The van der Waals surface area contributed by atoms with Crippen LogP contribution in [-0.4, -0.2) is 23.1 Å². The highest BCUT2D eigenvalue weighted by molar-refractivity contribution is 9.10. The van der Waals surface area contributed by atoms with Crippen molar-refractivity contribution in [3.63, 3.8) is 0 Å². The van der Waals surface area contributed by atoms with Gasteiger partial charge in [-0.15, -0.1) is 0 Å². The van der Waals surface area contributed by atoms with Gasteiger partial charge in [0, 0.05) is 18.7 Å². The van der Waals surface area contributed by atoms with E-state index in [1.165, 1.54) is 12.8 Å². The van der Waals surface area contributed by atoms with E-state index in [0.717, 1.165) is 34.8 Å². The van der Waals surface area contributed by atoms with Gasteiger partial charge < -0.3 is 10.6 Å². The molecule has 2 N–H and O–H groups in total. The maximum absolute atomic E-state index is 6.00. The molecule has 0 bridgehead atoms. The summed E-state index contributed by atoms with van der Waals surface area (Å²) < 4.78 is 0.765. The summed E-state index contributed by atoms with van der Waals surface area (Å²) in [7, 11) is 0. The van der Waals surface area contributed by atoms with Crippen molar-refractivity contribution < 1.29 is 0 Å². The minimum Gasteiger partial charge on any atom is -0.383 e. The molecule has 4 nitrogen and oxygen atoms in total. The van der Waals surface area contributed by atoms with Crippen molar-refractivity contribution in [1.82, 2.24) is 9.97 Å². The van der Waals surface area contributed by atoms with Gasteiger partial charge in [0.2, 0.25) is 5.95 Å². The average Bonchev–Trinajstić information content (AvgIpc) is 2.97. The number of hydrogen-bond donors (Lipinski definition) is 1. The maximum atomic E-state index is 6.00. The standard InChI is InChI=1S/C14H15BrN4/c15-11-12(10-6-2-1-3-7-10)17-14(18-13(11)16)19-8-4-5-9-19/h1-3,6-7H,4-5,8-9H2,(H2,16,17,18). The van der Waals surface area contributed by atoms with Gasteiger partial charge in [0.25, 0.3) is 0 Å². The molecule has 2 aromatic rings. The molecule has 1 aromatic heterocycles. The van der Waals surface area contributed by atoms with E-state index >= 15 is 0 Å². The van der Waals surface area contributed by atoms with Crippen LogP contribution in [0, 0.1) is 0 Å². The fraction of sp³-hybridized carbons (Fsp3) is 0.286. The summed E-state index contributed by atoms with van der Waals surface area (Å²) in [6.45, 7) is 2.02. The molecule has 98 valence electrons. The molecule has 0 unspecified atom stereocenters. The molecule has 0 saturated carbocycles. The van der Waals surface area contributed by atoms with Crippen molar-refractivity contribution in [2.45, 2.75) is 12.8 Å². The lowest BCUT2D eigenvalue weighted by atomic mass is 10.1. The lowest BCUT2D eigenvalue weighted by molar-refractivity contribution is 0.901. The minimum absolute atomic E-state index is 0.496. The predicted molar refractivity (Wildman–Crippen MR) is 81.0 cm³/mol. The molecule has 0 atom stereocenters. The maximum Gasteiger partial charge on any atom is 0.227 e. The molecular formula is C14H15BrN4. The summed E-state index contributed by atoms with van der Waals surface area (Å²) in [6, 6.07) is 10.0. The molecular weight excluding hydrogens is 304 g/mol. The SMILES string of the molecule is Nc1nc(N2CCCC2)nc(-c2ccccc2)c1Br. The second kappa shape index (κ2) is 5.17. The third kappa shape index (κ3) is 2.42. The van der Waals surface area contributed by atoms with Crippen LogP contribution in [0.15, 0.2) is 34.8 Å². The zero-order chi connectivity index (χ0) is 13.2. The molecule has 1 aliphatic heterocycles. The van der Waals surface area contributed by atoms with Crippen molar-refractivity contribution in [3.8, 4) is 11.3 Å². The van der Waals surface area contributed by atoms with Crippen LogP contribution in [0.4, 0.5) is 11.8 Å². The topological polar surface area (TPSA) is 55.0 Å². The molecule has 0 radical (unpaired) electrons. The Kier molecular flexibility index (Phi) is 3.38. The molecule has 3 rings (SSSR count). The minimum atomic E-state index is 0.496. The number of nitrogen functional groups attached to an aromatic ring is 1. The highest BCUT2D eigenvalue weighted by atomic mass is 79.9. The second-order valence-electron chi connectivity index (χ2n) is 4.63. The number of nitrogens with two attached hydrogens (primary N) is 1. The molecule has 0 spiro atoms. The molecule has 1 aromatic carbocycles. The normalized spacial score (nSPS) is 14.9. The Bertz CT molecular complexity index is 579. The quantitative estimate of drug-likeness (QED) is 0.924. The number of nitrogens with zero attached hydrogens (tertiary/aromatic N) is 3. The lowest BCUT2D eigenvalue weighted by Gasteiger charge is -2.17. The predicted octanol–water partition coefficient (Wildman–Crippen LogP) is 3.09. The van der Waals surface area contributed by atoms with Gasteiger partial charge in [-0.25, -0.2) is 4.98 Å². The zero-order valence-corrected chi connectivity index (χ0v) is 12.1. The zero-order valence-electron chi connectivity index (χ0n) is 10.5. The largest absolute Gasteiger partial charge is 0.383 e. The smallest absolute Gasteiger partial charge is 0.227 e. The van der Waals surface area contributed by atoms with Crippen LogP contribution in [0.25, 0.3) is 11.3 Å². The second-order valence-corrected chi connectivity index (χ2v) is 5.42. The molecule has 1 fully saturated rings. The van der Waals surface area contributed by atoms with Gasteiger partial charge in [-0.1, -0.05) is 30.3 Å². The van der Waals surface area contributed by atoms with E-state index in [-0.39, 0.29) is 0 Å². The number of halogens is 1. The van der Waals surface area contributed by atoms with Gasteiger partial charge in [-0.2, -0.15) is 4.98 Å². The van der Waals surface area contributed by atoms with E-state index in [4.69, 9.17) is 5.73 Å². The first-order chi connectivity index (χ1) is 9.25. The molecule has 5 heteroatoms. The van der Waals surface area contributed by atoms with Crippen LogP contribution >= 0.6 is 15.9 Å². The summed E-state index contributed by atoms with van der Waals surface area (Å²) in [5, 5.41) is 0. The molecule has 19 heavy (non-hydrogen) atoms. The highest BCUT2D eigenvalue weighted by Gasteiger charge is 2.18. The van der Waals surface area contributed by atoms with Crippen LogP contribution in [0.3, 0.4) is 0 Å². The number of anilines is 2. The molecule has 2 heterocycles. The highest BCUT2D eigenvalue weighted by Crippen LogP contribution is 2.32. The van der Waals surface area contributed by atoms with Crippen LogP contribution in [0.5, 0.6) is 0 Å². The third-order valence-electron chi connectivity index (χ3n) is 3.30. The first-order valence-electron chi connectivity index (χ1n) is 6.39. The fourth-order valence-corrected chi connectivity index (χ4v) is 2.70. The summed E-state index contributed by atoms with van der Waals surface area (Å²) in [5.41, 5.74) is 7.90. The monoisotopic (exact) mass is 318 g/mol. The van der Waals surface area contributed by atoms with E-state index in [1.54, 1.807) is 0 Å². The Labute approximate surface area is 120 Å². The van der Waals surface area contributed by atoms with Gasteiger partial charge >= 0.3 is 0 Å². The Hall–Kier alpha value is -1.62. The third-order valence-corrected chi connectivity index (χ3v) is 4.08. The van der Waals surface area contributed by atoms with Crippen LogP contribution in [-0.2, 0) is 0 Å². The Balaban J connectivity index is 2.08. The number of benzene rings is 1. The van der Waals surface area contributed by atoms with Gasteiger partial charge in [-0.05, 0) is 28.8 Å². The number of aromatic nitrogens is 2.